The molecule has 0 aromatic heterocycles. The van der Waals surface area contributed by atoms with Gasteiger partial charge in [0.05, 0.1) is 0 Å². The average Bonchev–Trinajstić information content (AvgIpc) is 2.38. The fourth-order valence-electron chi connectivity index (χ4n) is 2.67. The largest absolute Gasteiger partial charge is 0.339 e. The lowest BCUT2D eigenvalue weighted by molar-refractivity contribution is 0.0680. The van der Waals surface area contributed by atoms with Crippen LogP contribution in [0.1, 0.15) is 35.7 Å². The second-order valence-electron chi connectivity index (χ2n) is 5.45. The van der Waals surface area contributed by atoms with Gasteiger partial charge < -0.3 is 10.6 Å². The first-order chi connectivity index (χ1) is 8.99. The predicted molar refractivity (Wildman–Crippen MR) is 85.7 cm³/mol. The summed E-state index contributed by atoms with van der Waals surface area (Å²) in [5, 5.41) is 0.671. The van der Waals surface area contributed by atoms with Crippen LogP contribution in [-0.4, -0.2) is 29.9 Å². The monoisotopic (exact) mass is 316 g/mol. The Bertz CT molecular complexity index is 469. The minimum absolute atomic E-state index is 0. The van der Waals surface area contributed by atoms with Gasteiger partial charge in [0.15, 0.2) is 0 Å². The van der Waals surface area contributed by atoms with Crippen LogP contribution >= 0.6 is 24.0 Å². The summed E-state index contributed by atoms with van der Waals surface area (Å²) in [5.74, 6) is 0.646. The van der Waals surface area contributed by atoms with Crippen LogP contribution in [0.3, 0.4) is 0 Å². The molecule has 1 heterocycles. The number of piperidine rings is 1. The Morgan fingerprint density at radius 1 is 1.40 bits per heavy atom. The summed E-state index contributed by atoms with van der Waals surface area (Å²) < 4.78 is 0. The second kappa shape index (κ2) is 7.30. The number of hydrogen-bond acceptors (Lipinski definition) is 2. The van der Waals surface area contributed by atoms with Crippen molar-refractivity contribution < 1.29 is 4.79 Å². The molecule has 0 saturated carbocycles. The molecular formula is C15H22Cl2N2O. The van der Waals surface area contributed by atoms with E-state index in [9.17, 15) is 4.79 Å². The van der Waals surface area contributed by atoms with E-state index < -0.39 is 0 Å². The maximum atomic E-state index is 12.5. The summed E-state index contributed by atoms with van der Waals surface area (Å²) in [6.07, 6.45) is 1.99. The highest BCUT2D eigenvalue weighted by Crippen LogP contribution is 2.23. The second-order valence-corrected chi connectivity index (χ2v) is 5.88. The number of nitrogens with zero attached hydrogens (tertiary/aromatic N) is 1. The summed E-state index contributed by atoms with van der Waals surface area (Å²) in [7, 11) is 0. The van der Waals surface area contributed by atoms with Crippen LogP contribution in [0.15, 0.2) is 18.2 Å². The lowest BCUT2D eigenvalue weighted by Gasteiger charge is -2.34. The van der Waals surface area contributed by atoms with E-state index in [1.165, 1.54) is 0 Å². The third-order valence-corrected chi connectivity index (χ3v) is 4.22. The lowest BCUT2D eigenvalue weighted by atomic mass is 9.90. The van der Waals surface area contributed by atoms with E-state index in [0.717, 1.165) is 37.1 Å². The normalized spacial score (nSPS) is 17.5. The van der Waals surface area contributed by atoms with Crippen molar-refractivity contribution in [3.63, 3.8) is 0 Å². The van der Waals surface area contributed by atoms with Gasteiger partial charge in [0.1, 0.15) is 0 Å². The SMILES string of the molecule is Cc1cc(Cl)ccc1C(=O)N1CCC(C(C)N)CC1.Cl. The van der Waals surface area contributed by atoms with Crippen LogP contribution < -0.4 is 5.73 Å². The third kappa shape index (κ3) is 3.87. The zero-order valence-corrected chi connectivity index (χ0v) is 13.5. The Kier molecular flexibility index (Phi) is 6.31. The molecule has 0 spiro atoms. The summed E-state index contributed by atoms with van der Waals surface area (Å²) in [6.45, 7) is 5.57. The first kappa shape index (κ1) is 17.3. The fourth-order valence-corrected chi connectivity index (χ4v) is 2.89. The molecule has 1 saturated heterocycles. The topological polar surface area (TPSA) is 46.3 Å². The Morgan fingerprint density at radius 3 is 2.50 bits per heavy atom. The molecule has 1 aromatic carbocycles. The maximum absolute atomic E-state index is 12.5. The minimum atomic E-state index is 0. The molecule has 1 aliphatic heterocycles. The number of aryl methyl sites for hydroxylation is 1. The van der Waals surface area contributed by atoms with Crippen LogP contribution in [-0.2, 0) is 0 Å². The number of nitrogens with two attached hydrogens (primary N) is 1. The number of hydrogen-bond donors (Lipinski definition) is 1. The summed E-state index contributed by atoms with van der Waals surface area (Å²) in [6, 6.07) is 5.65. The van der Waals surface area contributed by atoms with Crippen LogP contribution in [0, 0.1) is 12.8 Å². The van der Waals surface area contributed by atoms with Gasteiger partial charge in [-0.2, -0.15) is 0 Å². The molecule has 3 nitrogen and oxygen atoms in total. The highest BCUT2D eigenvalue weighted by Gasteiger charge is 2.26. The van der Waals surface area contributed by atoms with E-state index in [4.69, 9.17) is 17.3 Å². The molecule has 1 unspecified atom stereocenters. The van der Waals surface area contributed by atoms with Gasteiger partial charge in [-0.25, -0.2) is 0 Å². The van der Waals surface area contributed by atoms with E-state index in [1.807, 2.05) is 30.9 Å². The first-order valence-corrected chi connectivity index (χ1v) is 7.18. The zero-order valence-electron chi connectivity index (χ0n) is 11.9. The van der Waals surface area contributed by atoms with Crippen molar-refractivity contribution in [2.24, 2.45) is 11.7 Å². The molecule has 1 atom stereocenters. The molecule has 0 aliphatic carbocycles. The molecule has 1 amide bonds. The number of amides is 1. The highest BCUT2D eigenvalue weighted by molar-refractivity contribution is 6.30. The Morgan fingerprint density at radius 2 is 2.00 bits per heavy atom. The van der Waals surface area contributed by atoms with Crippen LogP contribution in [0.2, 0.25) is 5.02 Å². The molecule has 1 fully saturated rings. The number of halogens is 2. The Labute approximate surface area is 131 Å². The Hall–Kier alpha value is -0.770. The van der Waals surface area contributed by atoms with E-state index in [1.54, 1.807) is 6.07 Å². The van der Waals surface area contributed by atoms with Crippen molar-refractivity contribution in [3.05, 3.63) is 34.3 Å². The lowest BCUT2D eigenvalue weighted by Crippen LogP contribution is -2.42. The van der Waals surface area contributed by atoms with Crippen molar-refractivity contribution in [3.8, 4) is 0 Å². The van der Waals surface area contributed by atoms with Crippen molar-refractivity contribution in [1.29, 1.82) is 0 Å². The van der Waals surface area contributed by atoms with Gasteiger partial charge in [0, 0.05) is 29.7 Å². The first-order valence-electron chi connectivity index (χ1n) is 6.80. The van der Waals surface area contributed by atoms with Crippen LogP contribution in [0.4, 0.5) is 0 Å². The minimum Gasteiger partial charge on any atom is -0.339 e. The van der Waals surface area contributed by atoms with Gasteiger partial charge >= 0.3 is 0 Å². The molecule has 0 bridgehead atoms. The number of benzene rings is 1. The van der Waals surface area contributed by atoms with Crippen molar-refractivity contribution in [2.45, 2.75) is 32.7 Å². The van der Waals surface area contributed by atoms with Crippen molar-refractivity contribution in [1.82, 2.24) is 4.90 Å². The summed E-state index contributed by atoms with van der Waals surface area (Å²) in [5.41, 5.74) is 7.61. The van der Waals surface area contributed by atoms with Gasteiger partial charge in [0.2, 0.25) is 0 Å². The smallest absolute Gasteiger partial charge is 0.254 e. The van der Waals surface area contributed by atoms with Crippen LogP contribution in [0.5, 0.6) is 0 Å². The number of carbonyl (C=O) groups is 1. The van der Waals surface area contributed by atoms with Gasteiger partial charge in [0.25, 0.3) is 5.91 Å². The van der Waals surface area contributed by atoms with E-state index in [0.29, 0.717) is 10.9 Å². The summed E-state index contributed by atoms with van der Waals surface area (Å²) >= 11 is 5.92. The molecule has 2 N–H and O–H groups in total. The molecule has 5 heteroatoms. The number of rotatable bonds is 2. The third-order valence-electron chi connectivity index (χ3n) is 3.99. The van der Waals surface area contributed by atoms with E-state index >= 15 is 0 Å². The standard InChI is InChI=1S/C15H21ClN2O.ClH/c1-10-9-13(16)3-4-14(10)15(19)18-7-5-12(6-8-18)11(2)17;/h3-4,9,11-12H,5-8,17H2,1-2H3;1H. The molecule has 0 radical (unpaired) electrons. The van der Waals surface area contributed by atoms with E-state index in [2.05, 4.69) is 0 Å². The molecule has 2 rings (SSSR count). The maximum Gasteiger partial charge on any atom is 0.254 e. The number of likely N-dealkylation sites (tertiary alicyclic amines) is 1. The summed E-state index contributed by atoms with van der Waals surface area (Å²) in [4.78, 5) is 14.4. The van der Waals surface area contributed by atoms with Gasteiger partial charge in [-0.1, -0.05) is 11.6 Å². The average molecular weight is 317 g/mol. The predicted octanol–water partition coefficient (Wildman–Crippen LogP) is 3.27. The highest BCUT2D eigenvalue weighted by atomic mass is 35.5. The zero-order chi connectivity index (χ0) is 14.0. The number of carbonyl (C=O) groups excluding carboxylic acids is 1. The van der Waals surface area contributed by atoms with Crippen molar-refractivity contribution in [2.75, 3.05) is 13.1 Å². The van der Waals surface area contributed by atoms with Gasteiger partial charge in [-0.3, -0.25) is 4.79 Å². The fraction of sp³-hybridized carbons (Fsp3) is 0.533. The molecule has 1 aliphatic rings. The Balaban J connectivity index is 0.00000200. The van der Waals surface area contributed by atoms with Gasteiger partial charge in [-0.15, -0.1) is 12.4 Å². The molecule has 20 heavy (non-hydrogen) atoms. The quantitative estimate of drug-likeness (QED) is 0.910. The van der Waals surface area contributed by atoms with Crippen molar-refractivity contribution >= 4 is 29.9 Å². The van der Waals surface area contributed by atoms with E-state index in [-0.39, 0.29) is 24.4 Å². The molecular weight excluding hydrogens is 295 g/mol. The van der Waals surface area contributed by atoms with Crippen LogP contribution in [0.25, 0.3) is 0 Å². The molecule has 112 valence electrons. The van der Waals surface area contributed by atoms with Gasteiger partial charge in [-0.05, 0) is 56.4 Å². The molecule has 1 aromatic rings.